The van der Waals surface area contributed by atoms with Crippen molar-refractivity contribution in [3.05, 3.63) is 21.8 Å². The largest absolute Gasteiger partial charge is 0.339 e. The minimum absolute atomic E-state index is 0.124. The van der Waals surface area contributed by atoms with Gasteiger partial charge in [-0.1, -0.05) is 5.16 Å². The lowest BCUT2D eigenvalue weighted by Gasteiger charge is -1.88. The van der Waals surface area contributed by atoms with Gasteiger partial charge in [0.1, 0.15) is 5.78 Å². The maximum atomic E-state index is 10.8. The van der Waals surface area contributed by atoms with E-state index in [1.807, 2.05) is 12.1 Å². The van der Waals surface area contributed by atoms with Crippen LogP contribution in [0.25, 0.3) is 10.7 Å². The SMILES string of the molecule is CC(=O)CCc1nc(-c2ccc(Br)s2)no1. The minimum Gasteiger partial charge on any atom is -0.339 e. The lowest BCUT2D eigenvalue weighted by Crippen LogP contribution is -1.93. The van der Waals surface area contributed by atoms with Crippen molar-refractivity contribution in [1.82, 2.24) is 10.1 Å². The highest BCUT2D eigenvalue weighted by Crippen LogP contribution is 2.29. The first-order chi connectivity index (χ1) is 7.65. The Labute approximate surface area is 105 Å². The van der Waals surface area contributed by atoms with Gasteiger partial charge in [0.15, 0.2) is 0 Å². The van der Waals surface area contributed by atoms with E-state index >= 15 is 0 Å². The number of rotatable bonds is 4. The summed E-state index contributed by atoms with van der Waals surface area (Å²) in [5, 5.41) is 3.87. The first kappa shape index (κ1) is 11.5. The standard InChI is InChI=1S/C10H9BrN2O2S/c1-6(14)2-5-9-12-10(13-15-9)7-3-4-8(11)16-7/h3-4H,2,5H2,1H3. The van der Waals surface area contributed by atoms with E-state index in [2.05, 4.69) is 26.1 Å². The van der Waals surface area contributed by atoms with Crippen LogP contribution >= 0.6 is 27.3 Å². The molecule has 2 aromatic heterocycles. The molecule has 0 amide bonds. The van der Waals surface area contributed by atoms with Crippen LogP contribution in [0.4, 0.5) is 0 Å². The summed E-state index contributed by atoms with van der Waals surface area (Å²) in [6.07, 6.45) is 0.949. The average molecular weight is 301 g/mol. The lowest BCUT2D eigenvalue weighted by molar-refractivity contribution is -0.117. The zero-order chi connectivity index (χ0) is 11.5. The van der Waals surface area contributed by atoms with E-state index in [0.717, 1.165) is 8.66 Å². The third-order valence-corrected chi connectivity index (χ3v) is 3.57. The summed E-state index contributed by atoms with van der Waals surface area (Å²) in [5.41, 5.74) is 0. The Morgan fingerprint density at radius 3 is 3.00 bits per heavy atom. The van der Waals surface area contributed by atoms with Crippen molar-refractivity contribution < 1.29 is 9.32 Å². The topological polar surface area (TPSA) is 56.0 Å². The molecule has 0 aliphatic rings. The Morgan fingerprint density at radius 2 is 2.38 bits per heavy atom. The fourth-order valence-electron chi connectivity index (χ4n) is 1.17. The second kappa shape index (κ2) is 4.88. The first-order valence-electron chi connectivity index (χ1n) is 4.73. The van der Waals surface area contributed by atoms with Crippen molar-refractivity contribution in [3.8, 4) is 10.7 Å². The van der Waals surface area contributed by atoms with Crippen LogP contribution in [-0.4, -0.2) is 15.9 Å². The Balaban J connectivity index is 2.10. The Bertz CT molecular complexity index is 506. The van der Waals surface area contributed by atoms with Crippen LogP contribution in [0.5, 0.6) is 0 Å². The third kappa shape index (κ3) is 2.76. The molecule has 0 aliphatic heterocycles. The normalized spacial score (nSPS) is 10.6. The number of hydrogen-bond acceptors (Lipinski definition) is 5. The molecule has 2 rings (SSSR count). The van der Waals surface area contributed by atoms with Crippen LogP contribution < -0.4 is 0 Å². The number of carbonyl (C=O) groups is 1. The molecule has 0 radical (unpaired) electrons. The van der Waals surface area contributed by atoms with Crippen molar-refractivity contribution in [1.29, 1.82) is 0 Å². The van der Waals surface area contributed by atoms with Gasteiger partial charge in [0.25, 0.3) is 0 Å². The summed E-state index contributed by atoms with van der Waals surface area (Å²) in [6.45, 7) is 1.55. The molecule has 0 atom stereocenters. The number of ketones is 1. The summed E-state index contributed by atoms with van der Waals surface area (Å²) in [6, 6.07) is 3.86. The molecule has 0 aliphatic carbocycles. The highest BCUT2D eigenvalue weighted by molar-refractivity contribution is 9.11. The van der Waals surface area contributed by atoms with Gasteiger partial charge in [-0.25, -0.2) is 0 Å². The number of nitrogens with zero attached hydrogens (tertiary/aromatic N) is 2. The Hall–Kier alpha value is -1.01. The van der Waals surface area contributed by atoms with Crippen LogP contribution in [0.2, 0.25) is 0 Å². The van der Waals surface area contributed by atoms with E-state index < -0.39 is 0 Å². The molecule has 0 saturated heterocycles. The number of halogens is 1. The van der Waals surface area contributed by atoms with Crippen molar-refractivity contribution in [3.63, 3.8) is 0 Å². The van der Waals surface area contributed by atoms with Crippen molar-refractivity contribution in [2.45, 2.75) is 19.8 Å². The van der Waals surface area contributed by atoms with Gasteiger partial charge in [-0.3, -0.25) is 0 Å². The molecule has 0 saturated carbocycles. The summed E-state index contributed by atoms with van der Waals surface area (Å²) < 4.78 is 6.08. The maximum absolute atomic E-state index is 10.8. The molecule has 2 aromatic rings. The quantitative estimate of drug-likeness (QED) is 0.871. The van der Waals surface area contributed by atoms with Gasteiger partial charge >= 0.3 is 0 Å². The van der Waals surface area contributed by atoms with Crippen LogP contribution in [0.3, 0.4) is 0 Å². The lowest BCUT2D eigenvalue weighted by atomic mass is 10.2. The number of aromatic nitrogens is 2. The van der Waals surface area contributed by atoms with Crippen molar-refractivity contribution >= 4 is 33.0 Å². The average Bonchev–Trinajstić information content (AvgIpc) is 2.83. The second-order valence-corrected chi connectivity index (χ2v) is 5.78. The van der Waals surface area contributed by atoms with Gasteiger partial charge in [-0.15, -0.1) is 11.3 Å². The molecule has 0 unspecified atom stereocenters. The Kier molecular flexibility index (Phi) is 3.50. The van der Waals surface area contributed by atoms with E-state index in [0.29, 0.717) is 24.6 Å². The third-order valence-electron chi connectivity index (χ3n) is 1.95. The van der Waals surface area contributed by atoms with Crippen LogP contribution in [0.1, 0.15) is 19.2 Å². The number of Topliss-reactive ketones (excluding diaryl/α,β-unsaturated/α-hetero) is 1. The van der Waals surface area contributed by atoms with Gasteiger partial charge in [-0.05, 0) is 35.0 Å². The van der Waals surface area contributed by atoms with E-state index in [1.165, 1.54) is 0 Å². The molecule has 0 aromatic carbocycles. The predicted molar refractivity (Wildman–Crippen MR) is 64.3 cm³/mol. The summed E-state index contributed by atoms with van der Waals surface area (Å²) in [7, 11) is 0. The van der Waals surface area contributed by atoms with Gasteiger partial charge in [0.2, 0.25) is 11.7 Å². The molecule has 0 N–H and O–H groups in total. The number of hydrogen-bond donors (Lipinski definition) is 0. The van der Waals surface area contributed by atoms with Crippen molar-refractivity contribution in [2.24, 2.45) is 0 Å². The highest BCUT2D eigenvalue weighted by atomic mass is 79.9. The van der Waals surface area contributed by atoms with Gasteiger partial charge in [0.05, 0.1) is 8.66 Å². The van der Waals surface area contributed by atoms with Crippen molar-refractivity contribution in [2.75, 3.05) is 0 Å². The van der Waals surface area contributed by atoms with E-state index in [9.17, 15) is 4.79 Å². The molecule has 84 valence electrons. The molecule has 4 nitrogen and oxygen atoms in total. The smallest absolute Gasteiger partial charge is 0.227 e. The monoisotopic (exact) mass is 300 g/mol. The number of carbonyl (C=O) groups excluding carboxylic acids is 1. The van der Waals surface area contributed by atoms with E-state index in [-0.39, 0.29) is 5.78 Å². The highest BCUT2D eigenvalue weighted by Gasteiger charge is 2.10. The minimum atomic E-state index is 0.124. The number of aryl methyl sites for hydroxylation is 1. The van der Waals surface area contributed by atoms with Gasteiger partial charge in [-0.2, -0.15) is 4.98 Å². The zero-order valence-corrected chi connectivity index (χ0v) is 11.0. The molecule has 6 heteroatoms. The molecule has 0 spiro atoms. The Morgan fingerprint density at radius 1 is 1.56 bits per heavy atom. The van der Waals surface area contributed by atoms with E-state index in [1.54, 1.807) is 18.3 Å². The molecule has 0 bridgehead atoms. The molecule has 2 heterocycles. The predicted octanol–water partition coefficient (Wildman–Crippen LogP) is 3.08. The first-order valence-corrected chi connectivity index (χ1v) is 6.34. The zero-order valence-electron chi connectivity index (χ0n) is 8.57. The molecule has 0 fully saturated rings. The fraction of sp³-hybridized carbons (Fsp3) is 0.300. The summed E-state index contributed by atoms with van der Waals surface area (Å²) in [5.74, 6) is 1.21. The second-order valence-electron chi connectivity index (χ2n) is 3.32. The van der Waals surface area contributed by atoms with Gasteiger partial charge in [0, 0.05) is 12.8 Å². The summed E-state index contributed by atoms with van der Waals surface area (Å²) in [4.78, 5) is 16.0. The van der Waals surface area contributed by atoms with E-state index in [4.69, 9.17) is 4.52 Å². The fourth-order valence-corrected chi connectivity index (χ4v) is 2.49. The molecular formula is C10H9BrN2O2S. The maximum Gasteiger partial charge on any atom is 0.227 e. The molecule has 16 heavy (non-hydrogen) atoms. The molecular weight excluding hydrogens is 292 g/mol. The number of thiophene rings is 1. The van der Waals surface area contributed by atoms with Crippen LogP contribution in [0.15, 0.2) is 20.4 Å². The van der Waals surface area contributed by atoms with Gasteiger partial charge < -0.3 is 9.32 Å². The van der Waals surface area contributed by atoms with Crippen LogP contribution in [-0.2, 0) is 11.2 Å². The summed E-state index contributed by atoms with van der Waals surface area (Å²) >= 11 is 4.92. The van der Waals surface area contributed by atoms with Crippen LogP contribution in [0, 0.1) is 0 Å².